The van der Waals surface area contributed by atoms with Crippen LogP contribution in [0.1, 0.15) is 35.4 Å². The molecule has 1 aromatic carbocycles. The summed E-state index contributed by atoms with van der Waals surface area (Å²) in [5, 5.41) is 10.0. The van der Waals surface area contributed by atoms with Gasteiger partial charge in [0.2, 0.25) is 0 Å². The summed E-state index contributed by atoms with van der Waals surface area (Å²) in [7, 11) is 0. The highest BCUT2D eigenvalue weighted by Gasteiger charge is 2.20. The maximum Gasteiger partial charge on any atom is 0.168 e. The predicted molar refractivity (Wildman–Crippen MR) is 91.4 cm³/mol. The van der Waals surface area contributed by atoms with Crippen LogP contribution in [0.25, 0.3) is 0 Å². The van der Waals surface area contributed by atoms with Gasteiger partial charge in [-0.1, -0.05) is 23.9 Å². The molecule has 23 heavy (non-hydrogen) atoms. The van der Waals surface area contributed by atoms with Crippen molar-refractivity contribution in [2.24, 2.45) is 0 Å². The highest BCUT2D eigenvalue weighted by atomic mass is 32.2. The Hall–Kier alpha value is -1.77. The minimum absolute atomic E-state index is 0.309. The molecule has 0 amide bonds. The number of nitrogens with zero attached hydrogens (tertiary/aromatic N) is 3. The van der Waals surface area contributed by atoms with Gasteiger partial charge in [-0.3, -0.25) is 0 Å². The van der Waals surface area contributed by atoms with Crippen molar-refractivity contribution in [2.45, 2.75) is 50.2 Å². The molecule has 4 nitrogen and oxygen atoms in total. The van der Waals surface area contributed by atoms with Crippen molar-refractivity contribution in [2.75, 3.05) is 6.61 Å². The number of hydrogen-bond donors (Lipinski definition) is 0. The van der Waals surface area contributed by atoms with E-state index in [4.69, 9.17) is 15.0 Å². The van der Waals surface area contributed by atoms with Crippen LogP contribution < -0.4 is 0 Å². The molecule has 0 spiro atoms. The van der Waals surface area contributed by atoms with Gasteiger partial charge >= 0.3 is 0 Å². The average molecular weight is 327 g/mol. The van der Waals surface area contributed by atoms with Crippen molar-refractivity contribution in [3.63, 3.8) is 0 Å². The Bertz CT molecular complexity index is 726. The number of hydrogen-bond acceptors (Lipinski definition) is 4. The second-order valence-electron chi connectivity index (χ2n) is 5.91. The third-order valence-corrected chi connectivity index (χ3v) is 5.30. The molecule has 0 bridgehead atoms. The molecule has 0 aliphatic carbocycles. The predicted octanol–water partition coefficient (Wildman–Crippen LogP) is 3.84. The highest BCUT2D eigenvalue weighted by Crippen LogP contribution is 2.27. The summed E-state index contributed by atoms with van der Waals surface area (Å²) in [6.45, 7) is 5.94. The van der Waals surface area contributed by atoms with Crippen molar-refractivity contribution < 1.29 is 4.74 Å². The third-order valence-electron chi connectivity index (χ3n) is 4.26. The zero-order valence-corrected chi connectivity index (χ0v) is 14.4. The Kier molecular flexibility index (Phi) is 5.04. The molecule has 3 rings (SSSR count). The number of imidazole rings is 1. The van der Waals surface area contributed by atoms with Gasteiger partial charge in [0.1, 0.15) is 0 Å². The van der Waals surface area contributed by atoms with Crippen molar-refractivity contribution in [3.8, 4) is 6.07 Å². The molecule has 2 aromatic rings. The number of aromatic nitrogens is 2. The molecule has 1 aliphatic rings. The molecule has 0 saturated carbocycles. The topological polar surface area (TPSA) is 50.8 Å². The summed E-state index contributed by atoms with van der Waals surface area (Å²) < 4.78 is 8.06. The van der Waals surface area contributed by atoms with Gasteiger partial charge in [-0.15, -0.1) is 0 Å². The lowest BCUT2D eigenvalue weighted by molar-refractivity contribution is 0.0945. The number of rotatable bonds is 5. The van der Waals surface area contributed by atoms with Crippen molar-refractivity contribution in [1.29, 1.82) is 5.26 Å². The summed E-state index contributed by atoms with van der Waals surface area (Å²) in [6, 6.07) is 9.96. The molecule has 2 heterocycles. The number of benzene rings is 1. The molecule has 0 radical (unpaired) electrons. The van der Waals surface area contributed by atoms with Gasteiger partial charge in [-0.25, -0.2) is 4.98 Å². The van der Waals surface area contributed by atoms with Crippen molar-refractivity contribution in [3.05, 3.63) is 46.8 Å². The second kappa shape index (κ2) is 7.20. The van der Waals surface area contributed by atoms with Crippen LogP contribution in [0, 0.1) is 25.2 Å². The minimum atomic E-state index is 0.309. The Morgan fingerprint density at radius 1 is 1.43 bits per heavy atom. The summed E-state index contributed by atoms with van der Waals surface area (Å²) in [5.41, 5.74) is 4.15. The van der Waals surface area contributed by atoms with Gasteiger partial charge in [-0.05, 0) is 44.4 Å². The lowest BCUT2D eigenvalue weighted by Crippen LogP contribution is -2.16. The third kappa shape index (κ3) is 3.77. The lowest BCUT2D eigenvalue weighted by Gasteiger charge is -2.14. The van der Waals surface area contributed by atoms with Gasteiger partial charge in [0, 0.05) is 18.1 Å². The first-order chi connectivity index (χ1) is 11.2. The van der Waals surface area contributed by atoms with Crippen molar-refractivity contribution >= 4 is 11.8 Å². The standard InChI is InChI=1S/C18H21N3OS/c1-13-14(2)21(11-17-7-4-8-22-17)18(20-13)23-12-16-6-3-5-15(9-16)10-19/h3,5-6,9,17H,4,7-8,11-12H2,1-2H3. The fourth-order valence-electron chi connectivity index (χ4n) is 2.82. The molecule has 120 valence electrons. The van der Waals surface area contributed by atoms with Crippen LogP contribution >= 0.6 is 11.8 Å². The van der Waals surface area contributed by atoms with Gasteiger partial charge < -0.3 is 9.30 Å². The minimum Gasteiger partial charge on any atom is -0.376 e. The van der Waals surface area contributed by atoms with Gasteiger partial charge in [0.15, 0.2) is 5.16 Å². The Labute approximate surface area is 141 Å². The average Bonchev–Trinajstić information content (AvgIpc) is 3.17. The van der Waals surface area contributed by atoms with E-state index < -0.39 is 0 Å². The maximum atomic E-state index is 9.00. The largest absolute Gasteiger partial charge is 0.376 e. The molecule has 1 unspecified atom stereocenters. The van der Waals surface area contributed by atoms with E-state index in [0.717, 1.165) is 48.2 Å². The quantitative estimate of drug-likeness (QED) is 0.783. The molecule has 1 aromatic heterocycles. The van der Waals surface area contributed by atoms with Crippen LogP contribution in [-0.4, -0.2) is 22.3 Å². The number of ether oxygens (including phenoxy) is 1. The molecule has 1 aliphatic heterocycles. The molecule has 1 fully saturated rings. The van der Waals surface area contributed by atoms with Crippen LogP contribution in [0.15, 0.2) is 29.4 Å². The monoisotopic (exact) mass is 327 g/mol. The second-order valence-corrected chi connectivity index (χ2v) is 6.85. The van der Waals surface area contributed by atoms with Crippen LogP contribution in [0.5, 0.6) is 0 Å². The van der Waals surface area contributed by atoms with Crippen LogP contribution in [0.2, 0.25) is 0 Å². The van der Waals surface area contributed by atoms with Gasteiger partial charge in [-0.2, -0.15) is 5.26 Å². The molecule has 1 saturated heterocycles. The number of nitriles is 1. The van der Waals surface area contributed by atoms with Gasteiger partial charge in [0.05, 0.1) is 30.0 Å². The first kappa shape index (κ1) is 16.1. The molecule has 0 N–H and O–H groups in total. The van der Waals surface area contributed by atoms with Crippen LogP contribution in [0.3, 0.4) is 0 Å². The Balaban J connectivity index is 1.74. The molecular formula is C18H21N3OS. The maximum absolute atomic E-state index is 9.00. The first-order valence-electron chi connectivity index (χ1n) is 7.94. The first-order valence-corrected chi connectivity index (χ1v) is 8.93. The van der Waals surface area contributed by atoms with Crippen LogP contribution in [-0.2, 0) is 17.0 Å². The Morgan fingerprint density at radius 2 is 2.30 bits per heavy atom. The fourth-order valence-corrected chi connectivity index (χ4v) is 3.86. The number of aryl methyl sites for hydroxylation is 1. The zero-order valence-electron chi connectivity index (χ0n) is 13.6. The normalized spacial score (nSPS) is 17.3. The molecule has 5 heteroatoms. The van der Waals surface area contributed by atoms with E-state index in [1.165, 1.54) is 5.69 Å². The summed E-state index contributed by atoms with van der Waals surface area (Å²) in [6.07, 6.45) is 2.59. The Morgan fingerprint density at radius 3 is 3.04 bits per heavy atom. The van der Waals surface area contributed by atoms with Crippen LogP contribution in [0.4, 0.5) is 0 Å². The summed E-state index contributed by atoms with van der Waals surface area (Å²) in [4.78, 5) is 4.72. The van der Waals surface area contributed by atoms with Crippen molar-refractivity contribution in [1.82, 2.24) is 9.55 Å². The van der Waals surface area contributed by atoms with E-state index in [9.17, 15) is 0 Å². The smallest absolute Gasteiger partial charge is 0.168 e. The lowest BCUT2D eigenvalue weighted by atomic mass is 10.2. The summed E-state index contributed by atoms with van der Waals surface area (Å²) >= 11 is 1.72. The van der Waals surface area contributed by atoms with E-state index >= 15 is 0 Å². The number of thioether (sulfide) groups is 1. The van der Waals surface area contributed by atoms with Gasteiger partial charge in [0.25, 0.3) is 0 Å². The van der Waals surface area contributed by atoms with E-state index in [1.807, 2.05) is 18.2 Å². The highest BCUT2D eigenvalue weighted by molar-refractivity contribution is 7.98. The van der Waals surface area contributed by atoms with E-state index in [-0.39, 0.29) is 0 Å². The SMILES string of the molecule is Cc1nc(SCc2cccc(C#N)c2)n(CC2CCCO2)c1C. The molecule has 1 atom stereocenters. The van der Waals surface area contributed by atoms with E-state index in [1.54, 1.807) is 11.8 Å². The van der Waals surface area contributed by atoms with E-state index in [0.29, 0.717) is 11.7 Å². The summed E-state index contributed by atoms with van der Waals surface area (Å²) in [5.74, 6) is 0.816. The fraction of sp³-hybridized carbons (Fsp3) is 0.444. The zero-order chi connectivity index (χ0) is 16.2. The van der Waals surface area contributed by atoms with E-state index in [2.05, 4.69) is 30.6 Å². The molecular weight excluding hydrogens is 306 g/mol.